The molecular formula is C24H20N6OS. The van der Waals surface area contributed by atoms with Gasteiger partial charge in [-0.15, -0.1) is 11.3 Å². The van der Waals surface area contributed by atoms with Crippen molar-refractivity contribution in [3.63, 3.8) is 0 Å². The molecule has 4 heterocycles. The summed E-state index contributed by atoms with van der Waals surface area (Å²) in [5.41, 5.74) is 4.60. The summed E-state index contributed by atoms with van der Waals surface area (Å²) in [6, 6.07) is 15.6. The van der Waals surface area contributed by atoms with Crippen molar-refractivity contribution in [2.45, 2.75) is 20.4 Å². The maximum Gasteiger partial charge on any atom is 0.258 e. The third kappa shape index (κ3) is 3.65. The van der Waals surface area contributed by atoms with Crippen LogP contribution in [0.2, 0.25) is 0 Å². The first-order chi connectivity index (χ1) is 15.6. The van der Waals surface area contributed by atoms with Gasteiger partial charge in [0.25, 0.3) is 5.91 Å². The standard InChI is InChI=1S/C24H20N6OS/c1-3-30-22-18(14-26-30)17(12-19(27-22)20-10-7-11-32-20)23(31)29-24-25-13-15(2)21(28-24)16-8-5-4-6-9-16/h4-14H,3H2,1-2H3,(H,25,28,29,31). The second kappa shape index (κ2) is 8.32. The Morgan fingerprint density at radius 2 is 1.94 bits per heavy atom. The van der Waals surface area contributed by atoms with Crippen molar-refractivity contribution in [3.05, 3.63) is 77.4 Å². The largest absolute Gasteiger partial charge is 0.290 e. The van der Waals surface area contributed by atoms with Crippen LogP contribution in [0.25, 0.3) is 32.9 Å². The van der Waals surface area contributed by atoms with E-state index in [1.165, 1.54) is 0 Å². The van der Waals surface area contributed by atoms with Crippen LogP contribution in [-0.2, 0) is 6.54 Å². The van der Waals surface area contributed by atoms with Crippen molar-refractivity contribution < 1.29 is 4.79 Å². The highest BCUT2D eigenvalue weighted by atomic mass is 32.1. The molecule has 5 aromatic rings. The molecule has 0 fully saturated rings. The lowest BCUT2D eigenvalue weighted by molar-refractivity contribution is 0.102. The van der Waals surface area contributed by atoms with E-state index in [0.717, 1.165) is 27.4 Å². The van der Waals surface area contributed by atoms with Crippen LogP contribution in [-0.4, -0.2) is 30.6 Å². The Bertz CT molecular complexity index is 1410. The van der Waals surface area contributed by atoms with Crippen molar-refractivity contribution in [1.29, 1.82) is 0 Å². The Morgan fingerprint density at radius 1 is 1.09 bits per heavy atom. The lowest BCUT2D eigenvalue weighted by Gasteiger charge is -2.10. The quantitative estimate of drug-likeness (QED) is 0.406. The number of rotatable bonds is 5. The van der Waals surface area contributed by atoms with Crippen molar-refractivity contribution in [3.8, 4) is 21.8 Å². The molecule has 1 aromatic carbocycles. The van der Waals surface area contributed by atoms with Gasteiger partial charge in [-0.2, -0.15) is 5.10 Å². The van der Waals surface area contributed by atoms with Crippen LogP contribution < -0.4 is 5.32 Å². The van der Waals surface area contributed by atoms with Gasteiger partial charge in [0.1, 0.15) is 0 Å². The summed E-state index contributed by atoms with van der Waals surface area (Å²) in [4.78, 5) is 28.0. The number of hydrogen-bond acceptors (Lipinski definition) is 6. The van der Waals surface area contributed by atoms with Gasteiger partial charge in [-0.25, -0.2) is 19.6 Å². The van der Waals surface area contributed by atoms with E-state index in [1.807, 2.05) is 61.7 Å². The van der Waals surface area contributed by atoms with E-state index in [0.29, 0.717) is 23.1 Å². The number of amides is 1. The van der Waals surface area contributed by atoms with E-state index in [1.54, 1.807) is 34.5 Å². The number of carbonyl (C=O) groups excluding carboxylic acids is 1. The fourth-order valence-electron chi connectivity index (χ4n) is 3.58. The zero-order valence-electron chi connectivity index (χ0n) is 17.6. The minimum atomic E-state index is -0.297. The lowest BCUT2D eigenvalue weighted by Crippen LogP contribution is -2.15. The minimum absolute atomic E-state index is 0.255. The molecule has 1 N–H and O–H groups in total. The Labute approximate surface area is 188 Å². The number of pyridine rings is 1. The molecule has 0 aliphatic carbocycles. The van der Waals surface area contributed by atoms with Gasteiger partial charge in [0.05, 0.1) is 33.4 Å². The van der Waals surface area contributed by atoms with E-state index >= 15 is 0 Å². The molecule has 0 aliphatic rings. The van der Waals surface area contributed by atoms with Crippen molar-refractivity contribution in [2.75, 3.05) is 5.32 Å². The number of thiophene rings is 1. The molecule has 4 aromatic heterocycles. The lowest BCUT2D eigenvalue weighted by atomic mass is 10.1. The number of nitrogens with one attached hydrogen (secondary N) is 1. The molecular weight excluding hydrogens is 420 g/mol. The molecule has 1 amide bonds. The summed E-state index contributed by atoms with van der Waals surface area (Å²) >= 11 is 1.58. The van der Waals surface area contributed by atoms with Crippen LogP contribution in [0.15, 0.2) is 66.3 Å². The Hall–Kier alpha value is -3.91. The first-order valence-electron chi connectivity index (χ1n) is 10.2. The second-order valence-electron chi connectivity index (χ2n) is 7.28. The molecule has 0 atom stereocenters. The van der Waals surface area contributed by atoms with Gasteiger partial charge < -0.3 is 0 Å². The number of carbonyl (C=O) groups is 1. The zero-order chi connectivity index (χ0) is 22.1. The van der Waals surface area contributed by atoms with Crippen LogP contribution in [0.3, 0.4) is 0 Å². The average Bonchev–Trinajstić information content (AvgIpc) is 3.50. The second-order valence-corrected chi connectivity index (χ2v) is 8.22. The van der Waals surface area contributed by atoms with Crippen LogP contribution in [0.5, 0.6) is 0 Å². The van der Waals surface area contributed by atoms with Gasteiger partial charge in [0, 0.05) is 18.3 Å². The van der Waals surface area contributed by atoms with Gasteiger partial charge in [-0.3, -0.25) is 10.1 Å². The molecule has 0 spiro atoms. The highest BCUT2D eigenvalue weighted by molar-refractivity contribution is 7.13. The van der Waals surface area contributed by atoms with Crippen molar-refractivity contribution >= 4 is 34.2 Å². The molecule has 0 unspecified atom stereocenters. The van der Waals surface area contributed by atoms with E-state index in [2.05, 4.69) is 20.4 Å². The van der Waals surface area contributed by atoms with Gasteiger partial charge in [-0.05, 0) is 36.9 Å². The van der Waals surface area contributed by atoms with Crippen LogP contribution in [0, 0.1) is 6.92 Å². The monoisotopic (exact) mass is 440 g/mol. The first kappa shape index (κ1) is 20.0. The predicted molar refractivity (Wildman–Crippen MR) is 127 cm³/mol. The fraction of sp³-hybridized carbons (Fsp3) is 0.125. The fourth-order valence-corrected chi connectivity index (χ4v) is 4.26. The van der Waals surface area contributed by atoms with Gasteiger partial charge in [-0.1, -0.05) is 36.4 Å². The zero-order valence-corrected chi connectivity index (χ0v) is 18.4. The predicted octanol–water partition coefficient (Wildman–Crippen LogP) is 5.20. The number of fused-ring (bicyclic) bond motifs is 1. The third-order valence-electron chi connectivity index (χ3n) is 5.17. The third-order valence-corrected chi connectivity index (χ3v) is 6.06. The summed E-state index contributed by atoms with van der Waals surface area (Å²) in [5, 5.41) is 9.95. The number of hydrogen-bond donors (Lipinski definition) is 1. The average molecular weight is 441 g/mol. The smallest absolute Gasteiger partial charge is 0.258 e. The Kier molecular flexibility index (Phi) is 5.20. The molecule has 0 saturated carbocycles. The number of aromatic nitrogens is 5. The van der Waals surface area contributed by atoms with Crippen LogP contribution in [0.4, 0.5) is 5.95 Å². The maximum absolute atomic E-state index is 13.3. The Balaban J connectivity index is 1.55. The summed E-state index contributed by atoms with van der Waals surface area (Å²) in [7, 11) is 0. The van der Waals surface area contributed by atoms with Crippen molar-refractivity contribution in [2.24, 2.45) is 0 Å². The number of nitrogens with zero attached hydrogens (tertiary/aromatic N) is 5. The van der Waals surface area contributed by atoms with Gasteiger partial charge in [0.15, 0.2) is 5.65 Å². The van der Waals surface area contributed by atoms with E-state index in [4.69, 9.17) is 4.98 Å². The molecule has 5 rings (SSSR count). The number of benzene rings is 1. The van der Waals surface area contributed by atoms with Gasteiger partial charge >= 0.3 is 0 Å². The van der Waals surface area contributed by atoms with E-state index in [9.17, 15) is 4.79 Å². The highest BCUT2D eigenvalue weighted by Crippen LogP contribution is 2.28. The maximum atomic E-state index is 13.3. The molecule has 0 radical (unpaired) electrons. The molecule has 158 valence electrons. The van der Waals surface area contributed by atoms with Crippen molar-refractivity contribution in [1.82, 2.24) is 24.7 Å². The molecule has 0 bridgehead atoms. The molecule has 8 heteroatoms. The SMILES string of the molecule is CCn1ncc2c(C(=O)Nc3ncc(C)c(-c4ccccc4)n3)cc(-c3cccs3)nc21. The number of anilines is 1. The summed E-state index contributed by atoms with van der Waals surface area (Å²) < 4.78 is 1.79. The summed E-state index contributed by atoms with van der Waals surface area (Å²) in [6.45, 7) is 4.61. The Morgan fingerprint density at radius 3 is 2.69 bits per heavy atom. The molecule has 0 saturated heterocycles. The van der Waals surface area contributed by atoms with Crippen LogP contribution >= 0.6 is 11.3 Å². The first-order valence-corrected chi connectivity index (χ1v) is 11.1. The molecule has 32 heavy (non-hydrogen) atoms. The highest BCUT2D eigenvalue weighted by Gasteiger charge is 2.19. The van der Waals surface area contributed by atoms with Gasteiger partial charge in [0.2, 0.25) is 5.95 Å². The van der Waals surface area contributed by atoms with Crippen LogP contribution in [0.1, 0.15) is 22.8 Å². The number of aryl methyl sites for hydroxylation is 2. The summed E-state index contributed by atoms with van der Waals surface area (Å²) in [6.07, 6.45) is 3.41. The normalized spacial score (nSPS) is 11.1. The van der Waals surface area contributed by atoms with E-state index in [-0.39, 0.29) is 11.9 Å². The summed E-state index contributed by atoms with van der Waals surface area (Å²) in [5.74, 6) is -0.0429. The molecule has 0 aliphatic heterocycles. The molecule has 7 nitrogen and oxygen atoms in total. The minimum Gasteiger partial charge on any atom is -0.290 e. The van der Waals surface area contributed by atoms with E-state index < -0.39 is 0 Å². The topological polar surface area (TPSA) is 85.6 Å².